The smallest absolute Gasteiger partial charge is 0.137 e. The zero-order chi connectivity index (χ0) is 9.10. The largest absolute Gasteiger partial charge is 0.301 e. The van der Waals surface area contributed by atoms with Gasteiger partial charge >= 0.3 is 0 Å². The van der Waals surface area contributed by atoms with Gasteiger partial charge < -0.3 is 4.90 Å². The van der Waals surface area contributed by atoms with Gasteiger partial charge in [0.25, 0.3) is 0 Å². The molecule has 13 heavy (non-hydrogen) atoms. The number of carbonyl (C=O) groups is 1. The molecular weight excluding hydrogens is 182 g/mol. The molecular formula is C10H17NOS. The summed E-state index contributed by atoms with van der Waals surface area (Å²) in [5.74, 6) is 3.39. The fourth-order valence-corrected chi connectivity index (χ4v) is 3.16. The average Bonchev–Trinajstić information content (AvgIpc) is 2.54. The van der Waals surface area contributed by atoms with Crippen molar-refractivity contribution in [2.75, 3.05) is 31.1 Å². The van der Waals surface area contributed by atoms with Crippen LogP contribution in [-0.2, 0) is 4.79 Å². The normalized spacial score (nSPS) is 31.1. The van der Waals surface area contributed by atoms with Gasteiger partial charge in [0.1, 0.15) is 5.78 Å². The van der Waals surface area contributed by atoms with Gasteiger partial charge in [0.05, 0.1) is 0 Å². The van der Waals surface area contributed by atoms with Crippen LogP contribution in [0.5, 0.6) is 0 Å². The molecule has 0 aromatic heterocycles. The van der Waals surface area contributed by atoms with Gasteiger partial charge in [0.15, 0.2) is 0 Å². The number of hydrogen-bond acceptors (Lipinski definition) is 3. The van der Waals surface area contributed by atoms with Crippen LogP contribution >= 0.6 is 11.8 Å². The third-order valence-electron chi connectivity index (χ3n) is 3.01. The SMILES string of the molecule is O=C1CCCC1CN1CCSCC1. The molecule has 3 heteroatoms. The highest BCUT2D eigenvalue weighted by Gasteiger charge is 2.26. The molecule has 0 bridgehead atoms. The Morgan fingerprint density at radius 1 is 1.38 bits per heavy atom. The van der Waals surface area contributed by atoms with Gasteiger partial charge in [-0.05, 0) is 12.8 Å². The molecule has 1 atom stereocenters. The van der Waals surface area contributed by atoms with E-state index in [-0.39, 0.29) is 0 Å². The van der Waals surface area contributed by atoms with Crippen LogP contribution < -0.4 is 0 Å². The molecule has 1 unspecified atom stereocenters. The molecule has 2 fully saturated rings. The molecule has 1 saturated heterocycles. The minimum atomic E-state index is 0.378. The molecule has 0 amide bonds. The molecule has 2 nitrogen and oxygen atoms in total. The van der Waals surface area contributed by atoms with Gasteiger partial charge in [-0.1, -0.05) is 0 Å². The summed E-state index contributed by atoms with van der Waals surface area (Å²) >= 11 is 2.03. The van der Waals surface area contributed by atoms with Crippen molar-refractivity contribution in [1.29, 1.82) is 0 Å². The van der Waals surface area contributed by atoms with Crippen LogP contribution in [0, 0.1) is 5.92 Å². The fraction of sp³-hybridized carbons (Fsp3) is 0.900. The first-order chi connectivity index (χ1) is 6.36. The van der Waals surface area contributed by atoms with Crippen LogP contribution in [-0.4, -0.2) is 41.8 Å². The first-order valence-corrected chi connectivity index (χ1v) is 6.34. The Labute approximate surface area is 84.1 Å². The van der Waals surface area contributed by atoms with Crippen molar-refractivity contribution >= 4 is 17.5 Å². The van der Waals surface area contributed by atoms with E-state index in [0.29, 0.717) is 11.7 Å². The summed E-state index contributed by atoms with van der Waals surface area (Å²) in [4.78, 5) is 13.9. The van der Waals surface area contributed by atoms with E-state index in [4.69, 9.17) is 0 Å². The van der Waals surface area contributed by atoms with E-state index in [0.717, 1.165) is 25.8 Å². The molecule has 1 aliphatic carbocycles. The molecule has 1 saturated carbocycles. The van der Waals surface area contributed by atoms with E-state index in [2.05, 4.69) is 4.90 Å². The van der Waals surface area contributed by atoms with E-state index in [1.807, 2.05) is 11.8 Å². The number of ketones is 1. The summed E-state index contributed by atoms with van der Waals surface area (Å²) in [7, 11) is 0. The van der Waals surface area contributed by atoms with E-state index >= 15 is 0 Å². The number of hydrogen-bond donors (Lipinski definition) is 0. The van der Waals surface area contributed by atoms with Crippen LogP contribution in [0.4, 0.5) is 0 Å². The third-order valence-corrected chi connectivity index (χ3v) is 3.96. The lowest BCUT2D eigenvalue weighted by Crippen LogP contribution is -2.37. The molecule has 74 valence electrons. The topological polar surface area (TPSA) is 20.3 Å². The fourth-order valence-electron chi connectivity index (χ4n) is 2.18. The maximum absolute atomic E-state index is 11.4. The zero-order valence-corrected chi connectivity index (χ0v) is 8.81. The van der Waals surface area contributed by atoms with Crippen LogP contribution in [0.3, 0.4) is 0 Å². The lowest BCUT2D eigenvalue weighted by molar-refractivity contribution is -0.121. The Hall–Kier alpha value is -0.0200. The molecule has 0 aromatic rings. The summed E-state index contributed by atoms with van der Waals surface area (Å²) in [5.41, 5.74) is 0. The van der Waals surface area contributed by atoms with Crippen LogP contribution in [0.2, 0.25) is 0 Å². The predicted molar refractivity (Wildman–Crippen MR) is 56.1 cm³/mol. The molecule has 1 aliphatic heterocycles. The second kappa shape index (κ2) is 4.47. The molecule has 0 radical (unpaired) electrons. The summed E-state index contributed by atoms with van der Waals surface area (Å²) in [6.07, 6.45) is 3.11. The van der Waals surface area contributed by atoms with Gasteiger partial charge in [0.2, 0.25) is 0 Å². The van der Waals surface area contributed by atoms with Crippen molar-refractivity contribution in [2.45, 2.75) is 19.3 Å². The van der Waals surface area contributed by atoms with Gasteiger partial charge in [-0.3, -0.25) is 4.79 Å². The van der Waals surface area contributed by atoms with E-state index in [1.54, 1.807) is 0 Å². The minimum absolute atomic E-state index is 0.378. The lowest BCUT2D eigenvalue weighted by atomic mass is 10.1. The van der Waals surface area contributed by atoms with Crippen molar-refractivity contribution in [3.63, 3.8) is 0 Å². The number of nitrogens with zero attached hydrogens (tertiary/aromatic N) is 1. The minimum Gasteiger partial charge on any atom is -0.301 e. The van der Waals surface area contributed by atoms with E-state index < -0.39 is 0 Å². The van der Waals surface area contributed by atoms with E-state index in [9.17, 15) is 4.79 Å². The number of rotatable bonds is 2. The lowest BCUT2D eigenvalue weighted by Gasteiger charge is -2.28. The summed E-state index contributed by atoms with van der Waals surface area (Å²) in [6, 6.07) is 0. The first-order valence-electron chi connectivity index (χ1n) is 5.19. The number of Topliss-reactive ketones (excluding diaryl/α,β-unsaturated/α-hetero) is 1. The molecule has 1 heterocycles. The van der Waals surface area contributed by atoms with Crippen molar-refractivity contribution in [1.82, 2.24) is 4.90 Å². The standard InChI is InChI=1S/C10H17NOS/c12-10-3-1-2-9(10)8-11-4-6-13-7-5-11/h9H,1-8H2. The summed E-state index contributed by atoms with van der Waals surface area (Å²) in [5, 5.41) is 0. The Kier molecular flexibility index (Phi) is 3.28. The highest BCUT2D eigenvalue weighted by molar-refractivity contribution is 7.99. The second-order valence-electron chi connectivity index (χ2n) is 3.97. The number of thioether (sulfide) groups is 1. The maximum atomic E-state index is 11.4. The Morgan fingerprint density at radius 3 is 2.77 bits per heavy atom. The number of carbonyl (C=O) groups excluding carboxylic acids is 1. The third kappa shape index (κ3) is 2.47. The molecule has 0 aromatic carbocycles. The van der Waals surface area contributed by atoms with Crippen molar-refractivity contribution < 1.29 is 4.79 Å². The van der Waals surface area contributed by atoms with Gasteiger partial charge in [-0.15, -0.1) is 0 Å². The quantitative estimate of drug-likeness (QED) is 0.670. The van der Waals surface area contributed by atoms with Gasteiger partial charge in [0, 0.05) is 43.5 Å². The zero-order valence-electron chi connectivity index (χ0n) is 8.00. The highest BCUT2D eigenvalue weighted by atomic mass is 32.2. The monoisotopic (exact) mass is 199 g/mol. The van der Waals surface area contributed by atoms with Crippen molar-refractivity contribution in [3.8, 4) is 0 Å². The maximum Gasteiger partial charge on any atom is 0.137 e. The average molecular weight is 199 g/mol. The van der Waals surface area contributed by atoms with Gasteiger partial charge in [-0.25, -0.2) is 0 Å². The van der Waals surface area contributed by atoms with Crippen molar-refractivity contribution in [2.24, 2.45) is 5.92 Å². The molecule has 0 N–H and O–H groups in total. The van der Waals surface area contributed by atoms with Crippen LogP contribution in [0.25, 0.3) is 0 Å². The highest BCUT2D eigenvalue weighted by Crippen LogP contribution is 2.23. The second-order valence-corrected chi connectivity index (χ2v) is 5.19. The molecule has 2 aliphatic rings. The van der Waals surface area contributed by atoms with Crippen LogP contribution in [0.15, 0.2) is 0 Å². The van der Waals surface area contributed by atoms with Crippen molar-refractivity contribution in [3.05, 3.63) is 0 Å². The molecule has 0 spiro atoms. The molecule has 2 rings (SSSR count). The summed E-state index contributed by atoms with van der Waals surface area (Å²) < 4.78 is 0. The Balaban J connectivity index is 1.79. The summed E-state index contributed by atoms with van der Waals surface area (Å²) in [6.45, 7) is 3.42. The van der Waals surface area contributed by atoms with Gasteiger partial charge in [-0.2, -0.15) is 11.8 Å². The van der Waals surface area contributed by atoms with E-state index in [1.165, 1.54) is 24.6 Å². The van der Waals surface area contributed by atoms with Crippen LogP contribution in [0.1, 0.15) is 19.3 Å². The Bertz CT molecular complexity index is 189. The predicted octanol–water partition coefficient (Wildman–Crippen LogP) is 1.40. The first kappa shape index (κ1) is 9.53. The Morgan fingerprint density at radius 2 is 2.15 bits per heavy atom.